The fourth-order valence-electron chi connectivity index (χ4n) is 2.92. The van der Waals surface area contributed by atoms with Crippen molar-refractivity contribution in [3.05, 3.63) is 71.2 Å². The number of amides is 1. The first kappa shape index (κ1) is 21.9. The number of sulfonamides is 1. The maximum atomic E-state index is 13.1. The second-order valence-corrected chi connectivity index (χ2v) is 8.82. The molecule has 0 radical (unpaired) electrons. The van der Waals surface area contributed by atoms with E-state index in [0.29, 0.717) is 16.1 Å². The Bertz CT molecular complexity index is 1210. The van der Waals surface area contributed by atoms with Crippen LogP contribution in [-0.2, 0) is 21.0 Å². The van der Waals surface area contributed by atoms with Gasteiger partial charge in [-0.2, -0.15) is 13.2 Å². The van der Waals surface area contributed by atoms with Crippen LogP contribution in [0, 0.1) is 0 Å². The topological polar surface area (TPSA) is 66.5 Å². The molecule has 0 fully saturated rings. The molecule has 30 heavy (non-hydrogen) atoms. The molecule has 0 spiro atoms. The standard InChI is InChI=1S/C20H16ClF3N2O3S/c1-30(28,29)26(18-11-14(20(22,23)24)9-10-16(18)21)12-19(27)25-17-8-4-6-13-5-2-3-7-15(13)17/h2-11H,12H2,1H3,(H,25,27). The molecule has 3 rings (SSSR count). The molecule has 1 N–H and O–H groups in total. The molecule has 0 unspecified atom stereocenters. The monoisotopic (exact) mass is 456 g/mol. The number of alkyl halides is 3. The maximum absolute atomic E-state index is 13.1. The van der Waals surface area contributed by atoms with Crippen LogP contribution in [0.15, 0.2) is 60.7 Å². The van der Waals surface area contributed by atoms with Gasteiger partial charge in [0, 0.05) is 11.1 Å². The highest BCUT2D eigenvalue weighted by molar-refractivity contribution is 7.92. The lowest BCUT2D eigenvalue weighted by Crippen LogP contribution is -2.37. The van der Waals surface area contributed by atoms with E-state index in [0.717, 1.165) is 29.2 Å². The summed E-state index contributed by atoms with van der Waals surface area (Å²) in [5, 5.41) is 3.97. The third-order valence-electron chi connectivity index (χ3n) is 4.29. The lowest BCUT2D eigenvalue weighted by atomic mass is 10.1. The Hall–Kier alpha value is -2.78. The minimum absolute atomic E-state index is 0.230. The Morgan fingerprint density at radius 3 is 2.40 bits per heavy atom. The zero-order chi connectivity index (χ0) is 22.1. The summed E-state index contributed by atoms with van der Waals surface area (Å²) >= 11 is 5.96. The summed E-state index contributed by atoms with van der Waals surface area (Å²) in [4.78, 5) is 12.6. The first-order valence-electron chi connectivity index (χ1n) is 8.59. The van der Waals surface area contributed by atoms with Crippen LogP contribution in [0.2, 0.25) is 5.02 Å². The van der Waals surface area contributed by atoms with Crippen LogP contribution in [0.5, 0.6) is 0 Å². The van der Waals surface area contributed by atoms with E-state index < -0.39 is 39.9 Å². The number of hydrogen-bond acceptors (Lipinski definition) is 3. The molecule has 3 aromatic carbocycles. The Morgan fingerprint density at radius 2 is 1.73 bits per heavy atom. The summed E-state index contributed by atoms with van der Waals surface area (Å²) in [5.41, 5.74) is -1.06. The van der Waals surface area contributed by atoms with E-state index >= 15 is 0 Å². The summed E-state index contributed by atoms with van der Waals surface area (Å²) in [6.07, 6.45) is -3.91. The highest BCUT2D eigenvalue weighted by Crippen LogP contribution is 2.36. The highest BCUT2D eigenvalue weighted by atomic mass is 35.5. The van der Waals surface area contributed by atoms with E-state index in [1.165, 1.54) is 0 Å². The van der Waals surface area contributed by atoms with Gasteiger partial charge >= 0.3 is 6.18 Å². The average Bonchev–Trinajstić information content (AvgIpc) is 2.65. The SMILES string of the molecule is CS(=O)(=O)N(CC(=O)Nc1cccc2ccccc12)c1cc(C(F)(F)F)ccc1Cl. The number of halogens is 4. The third-order valence-corrected chi connectivity index (χ3v) is 5.74. The first-order chi connectivity index (χ1) is 14.0. The van der Waals surface area contributed by atoms with Gasteiger partial charge < -0.3 is 5.32 Å². The molecule has 0 aliphatic carbocycles. The number of hydrogen-bond donors (Lipinski definition) is 1. The van der Waals surface area contributed by atoms with Crippen molar-refractivity contribution in [2.45, 2.75) is 6.18 Å². The second kappa shape index (κ2) is 8.16. The van der Waals surface area contributed by atoms with E-state index in [4.69, 9.17) is 11.6 Å². The number of rotatable bonds is 5. The van der Waals surface area contributed by atoms with Crippen molar-refractivity contribution in [1.29, 1.82) is 0 Å². The van der Waals surface area contributed by atoms with Crippen LogP contribution in [0.25, 0.3) is 10.8 Å². The Balaban J connectivity index is 1.94. The molecule has 5 nitrogen and oxygen atoms in total. The normalized spacial score (nSPS) is 12.0. The van der Waals surface area contributed by atoms with Gasteiger partial charge in [-0.15, -0.1) is 0 Å². The minimum atomic E-state index is -4.70. The fourth-order valence-corrected chi connectivity index (χ4v) is 4.05. The van der Waals surface area contributed by atoms with Gasteiger partial charge in [0.15, 0.2) is 0 Å². The van der Waals surface area contributed by atoms with E-state index in [2.05, 4.69) is 5.32 Å². The van der Waals surface area contributed by atoms with Gasteiger partial charge in [0.2, 0.25) is 15.9 Å². The molecule has 1 amide bonds. The van der Waals surface area contributed by atoms with E-state index in [1.807, 2.05) is 18.2 Å². The van der Waals surface area contributed by atoms with Crippen LogP contribution in [-0.4, -0.2) is 27.1 Å². The summed E-state index contributed by atoms with van der Waals surface area (Å²) < 4.78 is 64.3. The van der Waals surface area contributed by atoms with Gasteiger partial charge in [-0.05, 0) is 29.7 Å². The van der Waals surface area contributed by atoms with Crippen LogP contribution in [0.4, 0.5) is 24.5 Å². The first-order valence-corrected chi connectivity index (χ1v) is 10.8. The number of carbonyl (C=O) groups excluding carboxylic acids is 1. The Morgan fingerprint density at radius 1 is 1.07 bits per heavy atom. The van der Waals surface area contributed by atoms with Crippen molar-refractivity contribution < 1.29 is 26.4 Å². The molecule has 10 heteroatoms. The molecule has 0 bridgehead atoms. The minimum Gasteiger partial charge on any atom is -0.324 e. The lowest BCUT2D eigenvalue weighted by molar-refractivity contribution is -0.137. The molecule has 0 saturated carbocycles. The zero-order valence-electron chi connectivity index (χ0n) is 15.6. The zero-order valence-corrected chi connectivity index (χ0v) is 17.1. The number of nitrogens with zero attached hydrogens (tertiary/aromatic N) is 1. The van der Waals surface area contributed by atoms with E-state index in [1.54, 1.807) is 24.3 Å². The summed E-state index contributed by atoms with van der Waals surface area (Å²) in [6, 6.07) is 14.7. The summed E-state index contributed by atoms with van der Waals surface area (Å²) in [7, 11) is -4.11. The summed E-state index contributed by atoms with van der Waals surface area (Å²) in [5.74, 6) is -0.731. The van der Waals surface area contributed by atoms with Crippen molar-refractivity contribution >= 4 is 49.7 Å². The molecular weight excluding hydrogens is 441 g/mol. The van der Waals surface area contributed by atoms with Gasteiger partial charge in [0.25, 0.3) is 0 Å². The van der Waals surface area contributed by atoms with Crippen molar-refractivity contribution in [2.75, 3.05) is 22.4 Å². The maximum Gasteiger partial charge on any atom is 0.416 e. The number of benzene rings is 3. The molecule has 0 atom stereocenters. The quantitative estimate of drug-likeness (QED) is 0.592. The summed E-state index contributed by atoms with van der Waals surface area (Å²) in [6.45, 7) is -0.747. The van der Waals surface area contributed by atoms with Gasteiger partial charge in [0.1, 0.15) is 6.54 Å². The van der Waals surface area contributed by atoms with Crippen LogP contribution in [0.3, 0.4) is 0 Å². The van der Waals surface area contributed by atoms with E-state index in [9.17, 15) is 26.4 Å². The molecule has 158 valence electrons. The predicted octanol–water partition coefficient (Wildman–Crippen LogP) is 4.92. The van der Waals surface area contributed by atoms with Crippen molar-refractivity contribution in [1.82, 2.24) is 0 Å². The van der Waals surface area contributed by atoms with Crippen LogP contribution >= 0.6 is 11.6 Å². The second-order valence-electron chi connectivity index (χ2n) is 6.51. The fraction of sp³-hybridized carbons (Fsp3) is 0.150. The van der Waals surface area contributed by atoms with E-state index in [-0.39, 0.29) is 5.02 Å². The number of anilines is 2. The van der Waals surface area contributed by atoms with Crippen LogP contribution in [0.1, 0.15) is 5.56 Å². The molecule has 0 aliphatic rings. The van der Waals surface area contributed by atoms with Gasteiger partial charge in [-0.25, -0.2) is 8.42 Å². The third kappa shape index (κ3) is 4.85. The van der Waals surface area contributed by atoms with Crippen molar-refractivity contribution in [2.24, 2.45) is 0 Å². The number of nitrogens with one attached hydrogen (secondary N) is 1. The molecular formula is C20H16ClF3N2O3S. The highest BCUT2D eigenvalue weighted by Gasteiger charge is 2.33. The number of fused-ring (bicyclic) bond motifs is 1. The van der Waals surface area contributed by atoms with Gasteiger partial charge in [-0.1, -0.05) is 48.0 Å². The largest absolute Gasteiger partial charge is 0.416 e. The van der Waals surface area contributed by atoms with Crippen molar-refractivity contribution in [3.63, 3.8) is 0 Å². The van der Waals surface area contributed by atoms with Gasteiger partial charge in [-0.3, -0.25) is 9.10 Å². The smallest absolute Gasteiger partial charge is 0.324 e. The molecule has 0 heterocycles. The molecule has 3 aromatic rings. The average molecular weight is 457 g/mol. The molecule has 0 aromatic heterocycles. The van der Waals surface area contributed by atoms with Gasteiger partial charge in [0.05, 0.1) is 22.5 Å². The Labute approximate surface area is 176 Å². The van der Waals surface area contributed by atoms with Crippen molar-refractivity contribution in [3.8, 4) is 0 Å². The molecule has 0 saturated heterocycles. The number of carbonyl (C=O) groups is 1. The Kier molecular flexibility index (Phi) is 5.96. The van der Waals surface area contributed by atoms with Crippen LogP contribution < -0.4 is 9.62 Å². The lowest BCUT2D eigenvalue weighted by Gasteiger charge is -2.24. The predicted molar refractivity (Wildman–Crippen MR) is 111 cm³/mol. The molecule has 0 aliphatic heterocycles.